The van der Waals surface area contributed by atoms with Crippen LogP contribution in [0.2, 0.25) is 0 Å². The minimum absolute atomic E-state index is 0.106. The van der Waals surface area contributed by atoms with Gasteiger partial charge in [-0.05, 0) is 12.3 Å². The van der Waals surface area contributed by atoms with Gasteiger partial charge in [-0.2, -0.15) is 6.20 Å². The zero-order chi connectivity index (χ0) is 15.8. The zero-order valence-electron chi connectivity index (χ0n) is 13.1. The van der Waals surface area contributed by atoms with Crippen LogP contribution in [0.25, 0.3) is 10.6 Å². The molecule has 0 saturated carbocycles. The third-order valence-corrected chi connectivity index (χ3v) is 3.48. The van der Waals surface area contributed by atoms with Gasteiger partial charge in [0.2, 0.25) is 0 Å². The number of piperidine rings is 1. The van der Waals surface area contributed by atoms with E-state index >= 15 is 0 Å². The van der Waals surface area contributed by atoms with Crippen molar-refractivity contribution in [3.05, 3.63) is 34.6 Å². The van der Waals surface area contributed by atoms with Crippen LogP contribution >= 0.6 is 19.1 Å². The molecule has 0 radical (unpaired) electrons. The average molecular weight is 426 g/mol. The predicted molar refractivity (Wildman–Crippen MR) is 92.8 cm³/mol. The van der Waals surface area contributed by atoms with Crippen LogP contribution in [0.1, 0.15) is 52.4 Å². The molecule has 0 aromatic carbocycles. The molecule has 2 heterocycles. The molecule has 0 unspecified atom stereocenters. The number of hydrogen-bond acceptors (Lipinski definition) is 0. The van der Waals surface area contributed by atoms with Crippen LogP contribution in [-0.2, 0) is 15.9 Å². The molecule has 2 aliphatic heterocycles. The Bertz CT molecular complexity index is 275. The Kier molecular flexibility index (Phi) is 17.2. The summed E-state index contributed by atoms with van der Waals surface area (Å²) in [5.74, 6) is 1.01. The fourth-order valence-electron chi connectivity index (χ4n) is 2.42. The molecule has 1 fully saturated rings. The molecule has 2 aliphatic rings. The molecule has 0 aliphatic carbocycles. The Labute approximate surface area is 147 Å². The Morgan fingerprint density at radius 3 is 2.33 bits per heavy atom. The molecule has 0 bridgehead atoms. The number of hydrogen-bond donors (Lipinski definition) is 0. The number of rotatable bonds is 4. The van der Waals surface area contributed by atoms with Gasteiger partial charge in [-0.15, -0.1) is 19.6 Å². The Morgan fingerprint density at radius 1 is 1.19 bits per heavy atom. The third kappa shape index (κ3) is 13.8. The van der Waals surface area contributed by atoms with Gasteiger partial charge in [-0.3, -0.25) is 0 Å². The van der Waals surface area contributed by atoms with E-state index in [0.717, 1.165) is 25.6 Å². The van der Waals surface area contributed by atoms with Crippen molar-refractivity contribution >= 4 is 19.1 Å². The van der Waals surface area contributed by atoms with E-state index in [1.54, 1.807) is 0 Å². The number of allylic oxidation sites excluding steroid dienone is 2. The summed E-state index contributed by atoms with van der Waals surface area (Å²) in [7, 11) is 9.63. The molecule has 2 rings (SSSR count). The average Bonchev–Trinajstić information content (AvgIpc) is 2.52. The zero-order valence-corrected chi connectivity index (χ0v) is 16.2. The quantitative estimate of drug-likeness (QED) is 0.456. The summed E-state index contributed by atoms with van der Waals surface area (Å²) in [5.41, 5.74) is 1.44. The van der Waals surface area contributed by atoms with Crippen molar-refractivity contribution in [2.24, 2.45) is 5.92 Å². The monoisotopic (exact) mass is 424 g/mol. The van der Waals surface area contributed by atoms with Crippen LogP contribution in [0.5, 0.6) is 0 Å². The van der Waals surface area contributed by atoms with Gasteiger partial charge in [0.1, 0.15) is 0 Å². The van der Waals surface area contributed by atoms with Crippen molar-refractivity contribution in [3.63, 3.8) is 0 Å². The van der Waals surface area contributed by atoms with Crippen molar-refractivity contribution in [1.82, 2.24) is 0 Å². The fourth-order valence-corrected chi connectivity index (χ4v) is 2.42. The summed E-state index contributed by atoms with van der Waals surface area (Å²) in [6, 6.07) is 0. The van der Waals surface area contributed by atoms with Gasteiger partial charge in [0.15, 0.2) is 0 Å². The molecular formula is C16H28Cl2N2Pd-2. The second-order valence-electron chi connectivity index (χ2n) is 5.16. The predicted octanol–water partition coefficient (Wildman–Crippen LogP) is 6.56. The van der Waals surface area contributed by atoms with E-state index in [-0.39, 0.29) is 15.9 Å². The van der Waals surface area contributed by atoms with E-state index in [4.69, 9.17) is 19.1 Å². The summed E-state index contributed by atoms with van der Waals surface area (Å²) in [5, 5.41) is 8.36. The maximum absolute atomic E-state index is 4.81. The van der Waals surface area contributed by atoms with Crippen molar-refractivity contribution in [3.8, 4) is 0 Å². The second-order valence-corrected chi connectivity index (χ2v) is 7.52. The first-order valence-corrected chi connectivity index (χ1v) is 11.8. The van der Waals surface area contributed by atoms with E-state index < -0.39 is 0 Å². The molecule has 1 saturated heterocycles. The van der Waals surface area contributed by atoms with E-state index in [0.29, 0.717) is 0 Å². The molecule has 128 valence electrons. The van der Waals surface area contributed by atoms with Crippen LogP contribution in [0, 0.1) is 5.92 Å². The first-order valence-electron chi connectivity index (χ1n) is 7.76. The van der Waals surface area contributed by atoms with E-state index in [9.17, 15) is 0 Å². The van der Waals surface area contributed by atoms with Crippen molar-refractivity contribution in [2.75, 3.05) is 19.6 Å². The normalized spacial score (nSPS) is 17.8. The Hall–Kier alpha value is 0.482. The molecule has 0 amide bonds. The molecule has 0 spiro atoms. The van der Waals surface area contributed by atoms with Gasteiger partial charge >= 0.3 is 35.0 Å². The van der Waals surface area contributed by atoms with Crippen LogP contribution in [0.15, 0.2) is 23.9 Å². The summed E-state index contributed by atoms with van der Waals surface area (Å²) in [6.45, 7) is 7.60. The van der Waals surface area contributed by atoms with E-state index in [2.05, 4.69) is 36.6 Å². The summed E-state index contributed by atoms with van der Waals surface area (Å²) in [6.07, 6.45) is 14.1. The summed E-state index contributed by atoms with van der Waals surface area (Å²) < 4.78 is 0. The van der Waals surface area contributed by atoms with Crippen molar-refractivity contribution < 1.29 is 15.9 Å². The van der Waals surface area contributed by atoms with E-state index in [1.807, 2.05) is 6.20 Å². The maximum atomic E-state index is 4.81. The topological polar surface area (TPSA) is 28.2 Å². The Morgan fingerprint density at radius 2 is 1.86 bits per heavy atom. The summed E-state index contributed by atoms with van der Waals surface area (Å²) in [4.78, 5) is 0. The van der Waals surface area contributed by atoms with Gasteiger partial charge in [-0.1, -0.05) is 63.7 Å². The fraction of sp³-hybridized carbons (Fsp3) is 0.750. The van der Waals surface area contributed by atoms with Crippen LogP contribution in [-0.4, -0.2) is 19.6 Å². The molecule has 0 N–H and O–H groups in total. The van der Waals surface area contributed by atoms with Crippen LogP contribution in [0.3, 0.4) is 0 Å². The first kappa shape index (κ1) is 21.5. The Balaban J connectivity index is 0.000000322. The number of nitrogens with zero attached hydrogens (tertiary/aromatic N) is 2. The van der Waals surface area contributed by atoms with Gasteiger partial charge in [0.05, 0.1) is 0 Å². The standard InChI is InChI=1S/C8H16N.C8H12N.2ClH.Pd/c2*1-2-3-8-4-6-9-7-5-8;;;/h8H,2-7H2,1H3;4-6H,2-3,7H2,1H3;2*1H;/q2*-1;;;+2/p-2. The van der Waals surface area contributed by atoms with Gasteiger partial charge in [-0.25, -0.2) is 0 Å². The van der Waals surface area contributed by atoms with Gasteiger partial charge in [0.25, 0.3) is 0 Å². The van der Waals surface area contributed by atoms with Crippen LogP contribution < -0.4 is 0 Å². The molecule has 5 heteroatoms. The minimum atomic E-state index is -0.106. The van der Waals surface area contributed by atoms with E-state index in [1.165, 1.54) is 44.1 Å². The SMILES string of the molecule is CCCC1=CC[N-]C=C1.CCCC1CC[N-]CC1.[Cl][Pd][Cl]. The van der Waals surface area contributed by atoms with Crippen LogP contribution in [0.4, 0.5) is 0 Å². The first-order chi connectivity index (χ1) is 10.3. The summed E-state index contributed by atoms with van der Waals surface area (Å²) >= 11 is -0.106. The molecule has 2 nitrogen and oxygen atoms in total. The molecule has 0 atom stereocenters. The van der Waals surface area contributed by atoms with Crippen molar-refractivity contribution in [2.45, 2.75) is 52.4 Å². The van der Waals surface area contributed by atoms with Gasteiger partial charge < -0.3 is 10.6 Å². The third-order valence-electron chi connectivity index (χ3n) is 3.48. The van der Waals surface area contributed by atoms with Crippen molar-refractivity contribution in [1.29, 1.82) is 0 Å². The molecule has 21 heavy (non-hydrogen) atoms. The number of halogens is 2. The molecule has 0 aromatic rings. The van der Waals surface area contributed by atoms with Gasteiger partial charge in [0, 0.05) is 0 Å². The molecule has 0 aromatic heterocycles. The molecular weight excluding hydrogens is 398 g/mol. The second kappa shape index (κ2) is 16.8.